The number of benzene rings is 3. The Bertz CT molecular complexity index is 1170. The van der Waals surface area contributed by atoms with Gasteiger partial charge in [0, 0.05) is 5.70 Å². The fourth-order valence-corrected chi connectivity index (χ4v) is 4.21. The van der Waals surface area contributed by atoms with E-state index in [1.54, 1.807) is 7.11 Å². The van der Waals surface area contributed by atoms with Gasteiger partial charge in [-0.2, -0.15) is 0 Å². The zero-order valence-corrected chi connectivity index (χ0v) is 17.8. The largest absolute Gasteiger partial charge is 0.495 e. The maximum atomic E-state index is 12.8. The van der Waals surface area contributed by atoms with Crippen LogP contribution in [-0.2, 0) is 9.53 Å². The highest BCUT2D eigenvalue weighted by Gasteiger charge is 2.36. The van der Waals surface area contributed by atoms with Gasteiger partial charge in [-0.25, -0.2) is 4.79 Å². The molecule has 0 bridgehead atoms. The molecule has 0 saturated carbocycles. The molecule has 3 aromatic rings. The molecule has 4 rings (SSSR count). The summed E-state index contributed by atoms with van der Waals surface area (Å²) in [5.41, 5.74) is 2.91. The van der Waals surface area contributed by atoms with Gasteiger partial charge in [-0.1, -0.05) is 48.5 Å². The zero-order valence-electron chi connectivity index (χ0n) is 17.0. The molecule has 0 amide bonds. The molecule has 152 valence electrons. The van der Waals surface area contributed by atoms with E-state index < -0.39 is 12.0 Å². The SMILES string of the molecule is COC(=O)C1=C(C)N(c2ccccc2OC)C(=S)N[C@@H]1c1ccc2ccccc2c1. The number of anilines is 1. The van der Waals surface area contributed by atoms with Crippen LogP contribution in [0.5, 0.6) is 5.75 Å². The van der Waals surface area contributed by atoms with Crippen LogP contribution in [0.15, 0.2) is 78.0 Å². The number of hydrogen-bond donors (Lipinski definition) is 1. The number of carbonyl (C=O) groups excluding carboxylic acids is 1. The highest BCUT2D eigenvalue weighted by molar-refractivity contribution is 7.80. The molecule has 6 heteroatoms. The van der Waals surface area contributed by atoms with E-state index in [1.807, 2.05) is 60.4 Å². The minimum Gasteiger partial charge on any atom is -0.495 e. The van der Waals surface area contributed by atoms with Gasteiger partial charge in [-0.3, -0.25) is 4.90 Å². The van der Waals surface area contributed by atoms with Crippen molar-refractivity contribution < 1.29 is 14.3 Å². The van der Waals surface area contributed by atoms with Crippen LogP contribution >= 0.6 is 12.2 Å². The molecule has 30 heavy (non-hydrogen) atoms. The van der Waals surface area contributed by atoms with Crippen molar-refractivity contribution in [2.24, 2.45) is 0 Å². The lowest BCUT2D eigenvalue weighted by molar-refractivity contribution is -0.136. The smallest absolute Gasteiger partial charge is 0.337 e. The highest BCUT2D eigenvalue weighted by atomic mass is 32.1. The number of carbonyl (C=O) groups is 1. The minimum atomic E-state index is -0.416. The molecule has 1 atom stereocenters. The zero-order chi connectivity index (χ0) is 21.3. The van der Waals surface area contributed by atoms with Crippen molar-refractivity contribution in [2.45, 2.75) is 13.0 Å². The van der Waals surface area contributed by atoms with Crippen molar-refractivity contribution in [1.82, 2.24) is 5.32 Å². The summed E-state index contributed by atoms with van der Waals surface area (Å²) in [5, 5.41) is 6.05. The van der Waals surface area contributed by atoms with Crippen LogP contribution in [0.2, 0.25) is 0 Å². The predicted octanol–water partition coefficient (Wildman–Crippen LogP) is 4.73. The van der Waals surface area contributed by atoms with E-state index in [0.717, 1.165) is 22.0 Å². The van der Waals surface area contributed by atoms with Crippen LogP contribution in [0, 0.1) is 0 Å². The van der Waals surface area contributed by atoms with Crippen LogP contribution in [0.25, 0.3) is 10.8 Å². The lowest BCUT2D eigenvalue weighted by atomic mass is 9.93. The first kappa shape index (κ1) is 19.9. The summed E-state index contributed by atoms with van der Waals surface area (Å²) in [7, 11) is 3.00. The molecule has 1 aliphatic rings. The van der Waals surface area contributed by atoms with Crippen LogP contribution in [0.1, 0.15) is 18.5 Å². The summed E-state index contributed by atoms with van der Waals surface area (Å²) in [4.78, 5) is 14.7. The number of rotatable bonds is 4. The van der Waals surface area contributed by atoms with Crippen molar-refractivity contribution in [2.75, 3.05) is 19.1 Å². The van der Waals surface area contributed by atoms with Gasteiger partial charge in [-0.15, -0.1) is 0 Å². The summed E-state index contributed by atoms with van der Waals surface area (Å²) in [6.45, 7) is 1.87. The van der Waals surface area contributed by atoms with Gasteiger partial charge in [0.25, 0.3) is 0 Å². The molecule has 1 heterocycles. The van der Waals surface area contributed by atoms with Gasteiger partial charge in [0.05, 0.1) is 31.5 Å². The Morgan fingerprint density at radius 1 is 1.00 bits per heavy atom. The van der Waals surface area contributed by atoms with Crippen molar-refractivity contribution in [3.63, 3.8) is 0 Å². The number of methoxy groups -OCH3 is 2. The average molecular weight is 419 g/mol. The fourth-order valence-electron chi connectivity index (χ4n) is 3.86. The third-order valence-electron chi connectivity index (χ3n) is 5.32. The van der Waals surface area contributed by atoms with Gasteiger partial charge in [0.1, 0.15) is 5.75 Å². The molecular formula is C24H22N2O3S. The number of esters is 1. The molecular weight excluding hydrogens is 396 g/mol. The summed E-state index contributed by atoms with van der Waals surface area (Å²) in [6, 6.07) is 21.4. The van der Waals surface area contributed by atoms with Crippen LogP contribution in [0.3, 0.4) is 0 Å². The fraction of sp³-hybridized carbons (Fsp3) is 0.167. The molecule has 1 aliphatic heterocycles. The van der Waals surface area contributed by atoms with Crippen LogP contribution < -0.4 is 15.0 Å². The highest BCUT2D eigenvalue weighted by Crippen LogP contribution is 2.38. The Morgan fingerprint density at radius 3 is 2.43 bits per heavy atom. The molecule has 3 aromatic carbocycles. The molecule has 0 aromatic heterocycles. The van der Waals surface area contributed by atoms with Crippen molar-refractivity contribution in [1.29, 1.82) is 0 Å². The topological polar surface area (TPSA) is 50.8 Å². The summed E-state index contributed by atoms with van der Waals surface area (Å²) in [5.74, 6) is 0.259. The Morgan fingerprint density at radius 2 is 1.70 bits per heavy atom. The second kappa shape index (κ2) is 8.16. The maximum Gasteiger partial charge on any atom is 0.337 e. The van der Waals surface area contributed by atoms with Gasteiger partial charge < -0.3 is 14.8 Å². The van der Waals surface area contributed by atoms with E-state index in [-0.39, 0.29) is 0 Å². The number of hydrogen-bond acceptors (Lipinski definition) is 4. The van der Waals surface area contributed by atoms with E-state index in [2.05, 4.69) is 23.5 Å². The van der Waals surface area contributed by atoms with Crippen LogP contribution in [0.4, 0.5) is 5.69 Å². The number of allylic oxidation sites excluding steroid dienone is 1. The average Bonchev–Trinajstić information content (AvgIpc) is 2.78. The second-order valence-electron chi connectivity index (χ2n) is 6.99. The van der Waals surface area contributed by atoms with E-state index in [4.69, 9.17) is 21.7 Å². The molecule has 0 saturated heterocycles. The number of ether oxygens (including phenoxy) is 2. The van der Waals surface area contributed by atoms with Crippen molar-refractivity contribution >= 4 is 39.8 Å². The number of para-hydroxylation sites is 2. The van der Waals surface area contributed by atoms with E-state index in [0.29, 0.717) is 22.1 Å². The molecule has 0 unspecified atom stereocenters. The molecule has 0 spiro atoms. The van der Waals surface area contributed by atoms with Crippen molar-refractivity contribution in [3.05, 3.63) is 83.6 Å². The normalized spacial score (nSPS) is 16.4. The maximum absolute atomic E-state index is 12.8. The first-order valence-electron chi connectivity index (χ1n) is 9.56. The monoisotopic (exact) mass is 418 g/mol. The van der Waals surface area contributed by atoms with Gasteiger partial charge in [0.15, 0.2) is 5.11 Å². The van der Waals surface area contributed by atoms with E-state index in [9.17, 15) is 4.79 Å². The standard InChI is InChI=1S/C24H22N2O3S/c1-15-21(23(27)29-3)22(18-13-12-16-8-4-5-9-17(16)14-18)25-24(30)26(15)19-10-6-7-11-20(19)28-2/h4-14,22H,1-3H3,(H,25,30)/t22-/m1/s1. The van der Waals surface area contributed by atoms with Crippen LogP contribution in [-0.4, -0.2) is 25.3 Å². The Kier molecular flexibility index (Phi) is 5.42. The summed E-state index contributed by atoms with van der Waals surface area (Å²) < 4.78 is 10.6. The third kappa shape index (κ3) is 3.39. The predicted molar refractivity (Wildman–Crippen MR) is 123 cm³/mol. The molecule has 0 fully saturated rings. The van der Waals surface area contributed by atoms with Gasteiger partial charge in [-0.05, 0) is 53.7 Å². The molecule has 5 nitrogen and oxygen atoms in total. The van der Waals surface area contributed by atoms with Gasteiger partial charge >= 0.3 is 5.97 Å². The lowest BCUT2D eigenvalue weighted by Crippen LogP contribution is -2.48. The third-order valence-corrected chi connectivity index (χ3v) is 5.62. The molecule has 1 N–H and O–H groups in total. The second-order valence-corrected chi connectivity index (χ2v) is 7.37. The number of nitrogens with zero attached hydrogens (tertiary/aromatic N) is 1. The summed E-state index contributed by atoms with van der Waals surface area (Å²) >= 11 is 5.72. The first-order chi connectivity index (χ1) is 14.5. The van der Waals surface area contributed by atoms with E-state index in [1.165, 1.54) is 7.11 Å². The number of nitrogens with one attached hydrogen (secondary N) is 1. The minimum absolute atomic E-state index is 0.402. The quantitative estimate of drug-likeness (QED) is 0.488. The van der Waals surface area contributed by atoms with Gasteiger partial charge in [0.2, 0.25) is 0 Å². The summed E-state index contributed by atoms with van der Waals surface area (Å²) in [6.07, 6.45) is 0. The Hall–Kier alpha value is -3.38. The Balaban J connectivity index is 1.87. The lowest BCUT2D eigenvalue weighted by Gasteiger charge is -2.38. The first-order valence-corrected chi connectivity index (χ1v) is 9.97. The number of fused-ring (bicyclic) bond motifs is 1. The van der Waals surface area contributed by atoms with Crippen molar-refractivity contribution in [3.8, 4) is 5.75 Å². The van der Waals surface area contributed by atoms with E-state index >= 15 is 0 Å². The molecule has 0 radical (unpaired) electrons. The number of thiocarbonyl (C=S) groups is 1. The molecule has 0 aliphatic carbocycles. The Labute approximate surface area is 180 Å².